The summed E-state index contributed by atoms with van der Waals surface area (Å²) in [5.74, 6) is 1.26. The molecule has 0 bridgehead atoms. The van der Waals surface area contributed by atoms with Crippen LogP contribution in [-0.4, -0.2) is 71.7 Å². The van der Waals surface area contributed by atoms with Gasteiger partial charge in [0.15, 0.2) is 5.82 Å². The van der Waals surface area contributed by atoms with Crippen molar-refractivity contribution in [2.45, 2.75) is 45.6 Å². The summed E-state index contributed by atoms with van der Waals surface area (Å²) in [6.45, 7) is 11.2. The van der Waals surface area contributed by atoms with Gasteiger partial charge in [0.05, 0.1) is 35.4 Å². The SMILES string of the molecule is C=CC(=O)Nc1cc(Nc2ncc(C3CC3)c(-c3cc(F)c4nc(C)n(C(C)C)c4c3)n2)c(OC)cc1N(C)CCN(C)C. The number of anilines is 4. The first-order chi connectivity index (χ1) is 21.0. The Morgan fingerprint density at radius 2 is 1.91 bits per heavy atom. The van der Waals surface area contributed by atoms with Gasteiger partial charge < -0.3 is 29.7 Å². The Balaban J connectivity index is 1.58. The molecule has 4 aromatic rings. The largest absolute Gasteiger partial charge is 0.494 e. The summed E-state index contributed by atoms with van der Waals surface area (Å²) in [4.78, 5) is 30.6. The summed E-state index contributed by atoms with van der Waals surface area (Å²) in [7, 11) is 7.57. The fourth-order valence-corrected chi connectivity index (χ4v) is 5.46. The van der Waals surface area contributed by atoms with Gasteiger partial charge in [0, 0.05) is 49.6 Å². The number of nitrogens with one attached hydrogen (secondary N) is 2. The van der Waals surface area contributed by atoms with Gasteiger partial charge in [-0.25, -0.2) is 19.3 Å². The number of fused-ring (bicyclic) bond motifs is 1. The number of benzene rings is 2. The highest BCUT2D eigenvalue weighted by Crippen LogP contribution is 2.45. The predicted octanol–water partition coefficient (Wildman–Crippen LogP) is 6.27. The standard InChI is InChI=1S/C33H41FN8O2/c1-9-30(43)37-25-16-26(29(44-8)17-27(25)41(7)13-12-40(5)6)38-33-35-18-23(21-10-11-21)31(39-33)22-14-24(34)32-28(15-22)42(19(2)3)20(4)36-32/h9,14-19,21H,1,10-13H2,2-8H3,(H,37,43)(H,35,38,39). The number of likely N-dealkylation sites (N-methyl/N-ethyl adjacent to an activating group) is 2. The van der Waals surface area contributed by atoms with E-state index < -0.39 is 0 Å². The van der Waals surface area contributed by atoms with Crippen LogP contribution in [0.5, 0.6) is 5.75 Å². The zero-order chi connectivity index (χ0) is 31.7. The number of halogens is 1. The number of ether oxygens (including phenoxy) is 1. The Morgan fingerprint density at radius 1 is 1.16 bits per heavy atom. The van der Waals surface area contributed by atoms with Gasteiger partial charge in [0.1, 0.15) is 17.1 Å². The molecule has 0 saturated heterocycles. The third-order valence-electron chi connectivity index (χ3n) is 7.85. The molecule has 2 aromatic carbocycles. The molecule has 10 nitrogen and oxygen atoms in total. The van der Waals surface area contributed by atoms with Gasteiger partial charge in [-0.15, -0.1) is 0 Å². The minimum Gasteiger partial charge on any atom is -0.494 e. The number of methoxy groups -OCH3 is 1. The molecule has 232 valence electrons. The van der Waals surface area contributed by atoms with Crippen LogP contribution in [0.25, 0.3) is 22.3 Å². The van der Waals surface area contributed by atoms with Crippen LogP contribution in [0.15, 0.2) is 43.1 Å². The van der Waals surface area contributed by atoms with E-state index in [0.29, 0.717) is 45.8 Å². The van der Waals surface area contributed by atoms with Crippen molar-refractivity contribution in [2.24, 2.45) is 0 Å². The molecule has 1 amide bonds. The fraction of sp³-hybridized carbons (Fsp3) is 0.394. The monoisotopic (exact) mass is 600 g/mol. The van der Waals surface area contributed by atoms with Gasteiger partial charge in [-0.3, -0.25) is 4.79 Å². The molecule has 0 aliphatic heterocycles. The van der Waals surface area contributed by atoms with E-state index in [4.69, 9.17) is 9.72 Å². The molecule has 11 heteroatoms. The molecular formula is C33H41FN8O2. The van der Waals surface area contributed by atoms with E-state index >= 15 is 4.39 Å². The van der Waals surface area contributed by atoms with E-state index in [1.54, 1.807) is 13.2 Å². The predicted molar refractivity (Wildman–Crippen MR) is 175 cm³/mol. The molecule has 1 fully saturated rings. The Kier molecular flexibility index (Phi) is 8.87. The zero-order valence-electron chi connectivity index (χ0n) is 26.5. The van der Waals surface area contributed by atoms with E-state index in [9.17, 15) is 4.79 Å². The molecule has 2 aromatic heterocycles. The van der Waals surface area contributed by atoms with Crippen LogP contribution in [0.3, 0.4) is 0 Å². The minimum atomic E-state index is -0.381. The number of aromatic nitrogens is 4. The summed E-state index contributed by atoms with van der Waals surface area (Å²) >= 11 is 0. The van der Waals surface area contributed by atoms with Gasteiger partial charge >= 0.3 is 0 Å². The zero-order valence-corrected chi connectivity index (χ0v) is 26.5. The van der Waals surface area contributed by atoms with E-state index in [1.165, 1.54) is 12.1 Å². The smallest absolute Gasteiger partial charge is 0.247 e. The lowest BCUT2D eigenvalue weighted by Crippen LogP contribution is -2.29. The first kappa shape index (κ1) is 30.9. The van der Waals surface area contributed by atoms with E-state index in [1.807, 2.05) is 51.0 Å². The second-order valence-electron chi connectivity index (χ2n) is 11.8. The molecule has 1 saturated carbocycles. The number of hydrogen-bond donors (Lipinski definition) is 2. The van der Waals surface area contributed by atoms with Crippen molar-refractivity contribution >= 4 is 40.0 Å². The number of hydrogen-bond acceptors (Lipinski definition) is 8. The molecule has 5 rings (SSSR count). The number of imidazole rings is 1. The molecule has 1 aliphatic rings. The van der Waals surface area contributed by atoms with E-state index in [-0.39, 0.29) is 17.8 Å². The summed E-state index contributed by atoms with van der Waals surface area (Å²) in [6, 6.07) is 7.27. The van der Waals surface area contributed by atoms with Crippen LogP contribution in [0, 0.1) is 12.7 Å². The van der Waals surface area contributed by atoms with Crippen molar-refractivity contribution in [3.8, 4) is 17.0 Å². The van der Waals surface area contributed by atoms with Crippen molar-refractivity contribution in [1.82, 2.24) is 24.4 Å². The average Bonchev–Trinajstić information content (AvgIpc) is 3.77. The normalized spacial score (nSPS) is 13.0. The maximum atomic E-state index is 15.5. The molecule has 44 heavy (non-hydrogen) atoms. The van der Waals surface area contributed by atoms with Gasteiger partial charge in [0.2, 0.25) is 11.9 Å². The lowest BCUT2D eigenvalue weighted by molar-refractivity contribution is -0.111. The van der Waals surface area contributed by atoms with Crippen molar-refractivity contribution < 1.29 is 13.9 Å². The van der Waals surface area contributed by atoms with Gasteiger partial charge in [-0.1, -0.05) is 6.58 Å². The van der Waals surface area contributed by atoms with Crippen LogP contribution in [0.1, 0.15) is 50.0 Å². The van der Waals surface area contributed by atoms with Crippen LogP contribution >= 0.6 is 0 Å². The highest BCUT2D eigenvalue weighted by Gasteiger charge is 2.29. The van der Waals surface area contributed by atoms with Crippen molar-refractivity contribution in [1.29, 1.82) is 0 Å². The highest BCUT2D eigenvalue weighted by atomic mass is 19.1. The number of nitrogens with zero attached hydrogens (tertiary/aromatic N) is 6. The number of amides is 1. The van der Waals surface area contributed by atoms with Crippen molar-refractivity contribution in [3.05, 3.63) is 60.3 Å². The van der Waals surface area contributed by atoms with Crippen molar-refractivity contribution in [2.75, 3.05) is 56.9 Å². The summed E-state index contributed by atoms with van der Waals surface area (Å²) in [6.07, 6.45) is 5.14. The van der Waals surface area contributed by atoms with Crippen LogP contribution in [-0.2, 0) is 4.79 Å². The third-order valence-corrected chi connectivity index (χ3v) is 7.85. The van der Waals surface area contributed by atoms with E-state index in [2.05, 4.69) is 50.8 Å². The topological polar surface area (TPSA) is 100 Å². The van der Waals surface area contributed by atoms with E-state index in [0.717, 1.165) is 48.5 Å². The summed E-state index contributed by atoms with van der Waals surface area (Å²) < 4.78 is 23.3. The first-order valence-electron chi connectivity index (χ1n) is 14.8. The fourth-order valence-electron chi connectivity index (χ4n) is 5.46. The molecule has 0 spiro atoms. The lowest BCUT2D eigenvalue weighted by atomic mass is 10.0. The number of carbonyl (C=O) groups excluding carboxylic acids is 1. The van der Waals surface area contributed by atoms with Crippen LogP contribution in [0.2, 0.25) is 0 Å². The van der Waals surface area contributed by atoms with Gasteiger partial charge in [0.25, 0.3) is 0 Å². The Bertz CT molecular complexity index is 1710. The second kappa shape index (κ2) is 12.6. The number of aryl methyl sites for hydroxylation is 1. The van der Waals surface area contributed by atoms with Crippen LogP contribution in [0.4, 0.5) is 27.4 Å². The Morgan fingerprint density at radius 3 is 2.55 bits per heavy atom. The number of carbonyl (C=O) groups is 1. The maximum absolute atomic E-state index is 15.5. The third kappa shape index (κ3) is 6.37. The molecule has 0 radical (unpaired) electrons. The molecule has 0 unspecified atom stereocenters. The Hall–Kier alpha value is -4.51. The maximum Gasteiger partial charge on any atom is 0.247 e. The van der Waals surface area contributed by atoms with Gasteiger partial charge in [-0.05, 0) is 77.9 Å². The van der Waals surface area contributed by atoms with Gasteiger partial charge in [-0.2, -0.15) is 0 Å². The quantitative estimate of drug-likeness (QED) is 0.184. The molecule has 0 atom stereocenters. The highest BCUT2D eigenvalue weighted by molar-refractivity contribution is 6.02. The first-order valence-corrected chi connectivity index (χ1v) is 14.8. The molecule has 1 aliphatic carbocycles. The lowest BCUT2D eigenvalue weighted by Gasteiger charge is -2.26. The average molecular weight is 601 g/mol. The molecule has 2 N–H and O–H groups in total. The van der Waals surface area contributed by atoms with Crippen molar-refractivity contribution in [3.63, 3.8) is 0 Å². The number of rotatable bonds is 12. The van der Waals surface area contributed by atoms with Crippen LogP contribution < -0.4 is 20.3 Å². The molecule has 2 heterocycles. The minimum absolute atomic E-state index is 0.119. The summed E-state index contributed by atoms with van der Waals surface area (Å²) in [5, 5.41) is 6.21. The second-order valence-corrected chi connectivity index (χ2v) is 11.8. The molecular weight excluding hydrogens is 559 g/mol. The summed E-state index contributed by atoms with van der Waals surface area (Å²) in [5.41, 5.74) is 5.37. The Labute approximate surface area is 258 Å².